The molecule has 1 aliphatic rings. The lowest BCUT2D eigenvalue weighted by Crippen LogP contribution is -2.40. The van der Waals surface area contributed by atoms with Gasteiger partial charge in [-0.1, -0.05) is 13.8 Å². The first-order chi connectivity index (χ1) is 8.66. The lowest BCUT2D eigenvalue weighted by molar-refractivity contribution is 0.154. The van der Waals surface area contributed by atoms with Gasteiger partial charge < -0.3 is 9.73 Å². The number of hydrogen-bond acceptors (Lipinski definition) is 3. The third kappa shape index (κ3) is 3.59. The predicted octanol–water partition coefficient (Wildman–Crippen LogP) is 3.05. The van der Waals surface area contributed by atoms with Gasteiger partial charge in [0.05, 0.1) is 12.3 Å². The standard InChI is InChI=1S/C15H26N2O/c1-12(2)10-17(11-14-6-4-8-16-14)13(3)15-7-5-9-18-15/h5,7,9,12-14,16H,4,6,8,10-11H2,1-3H3. The largest absolute Gasteiger partial charge is 0.468 e. The highest BCUT2D eigenvalue weighted by Crippen LogP contribution is 2.23. The van der Waals surface area contributed by atoms with Crippen molar-refractivity contribution in [1.82, 2.24) is 10.2 Å². The Kier molecular flexibility index (Phi) is 4.84. The van der Waals surface area contributed by atoms with E-state index in [4.69, 9.17) is 4.42 Å². The molecule has 1 N–H and O–H groups in total. The van der Waals surface area contributed by atoms with Gasteiger partial charge in [-0.15, -0.1) is 0 Å². The van der Waals surface area contributed by atoms with Crippen molar-refractivity contribution < 1.29 is 4.42 Å². The molecule has 0 aliphatic carbocycles. The third-order valence-corrected chi connectivity index (χ3v) is 3.72. The van der Waals surface area contributed by atoms with Crippen LogP contribution < -0.4 is 5.32 Å². The second kappa shape index (κ2) is 6.39. The molecule has 2 unspecified atom stereocenters. The second-order valence-corrected chi connectivity index (χ2v) is 5.83. The molecule has 1 aliphatic heterocycles. The van der Waals surface area contributed by atoms with E-state index in [2.05, 4.69) is 37.1 Å². The summed E-state index contributed by atoms with van der Waals surface area (Å²) >= 11 is 0. The SMILES string of the molecule is CC(C)CN(CC1CCCN1)C(C)c1ccco1. The van der Waals surface area contributed by atoms with Gasteiger partial charge in [0.25, 0.3) is 0 Å². The Bertz CT molecular complexity index is 328. The molecule has 1 aromatic rings. The maximum atomic E-state index is 5.56. The van der Waals surface area contributed by atoms with Crippen molar-refractivity contribution in [2.75, 3.05) is 19.6 Å². The molecule has 1 saturated heterocycles. The van der Waals surface area contributed by atoms with E-state index in [1.165, 1.54) is 19.4 Å². The zero-order chi connectivity index (χ0) is 13.0. The minimum absolute atomic E-state index is 0.366. The van der Waals surface area contributed by atoms with Crippen LogP contribution in [0.15, 0.2) is 22.8 Å². The molecule has 3 nitrogen and oxygen atoms in total. The Morgan fingerprint density at radius 2 is 2.28 bits per heavy atom. The number of nitrogens with zero attached hydrogens (tertiary/aromatic N) is 1. The fourth-order valence-electron chi connectivity index (χ4n) is 2.76. The van der Waals surface area contributed by atoms with Gasteiger partial charge in [0.1, 0.15) is 5.76 Å². The van der Waals surface area contributed by atoms with Gasteiger partial charge in [-0.25, -0.2) is 0 Å². The molecule has 18 heavy (non-hydrogen) atoms. The van der Waals surface area contributed by atoms with Gasteiger partial charge in [0.2, 0.25) is 0 Å². The summed E-state index contributed by atoms with van der Waals surface area (Å²) in [7, 11) is 0. The third-order valence-electron chi connectivity index (χ3n) is 3.72. The molecule has 2 atom stereocenters. The lowest BCUT2D eigenvalue weighted by atomic mass is 10.1. The van der Waals surface area contributed by atoms with E-state index in [9.17, 15) is 0 Å². The predicted molar refractivity (Wildman–Crippen MR) is 74.6 cm³/mol. The zero-order valence-corrected chi connectivity index (χ0v) is 11.9. The van der Waals surface area contributed by atoms with Crippen molar-refractivity contribution in [3.63, 3.8) is 0 Å². The summed E-state index contributed by atoms with van der Waals surface area (Å²) in [5, 5.41) is 3.59. The molecule has 0 amide bonds. The highest BCUT2D eigenvalue weighted by atomic mass is 16.3. The zero-order valence-electron chi connectivity index (χ0n) is 11.9. The summed E-state index contributed by atoms with van der Waals surface area (Å²) in [5.41, 5.74) is 0. The summed E-state index contributed by atoms with van der Waals surface area (Å²) in [6, 6.07) is 5.08. The van der Waals surface area contributed by atoms with E-state index in [0.29, 0.717) is 18.0 Å². The van der Waals surface area contributed by atoms with Crippen molar-refractivity contribution in [2.45, 2.75) is 45.7 Å². The summed E-state index contributed by atoms with van der Waals surface area (Å²) < 4.78 is 5.56. The van der Waals surface area contributed by atoms with Crippen molar-refractivity contribution in [1.29, 1.82) is 0 Å². The molecule has 3 heteroatoms. The summed E-state index contributed by atoms with van der Waals surface area (Å²) in [4.78, 5) is 2.55. The van der Waals surface area contributed by atoms with Crippen molar-refractivity contribution >= 4 is 0 Å². The van der Waals surface area contributed by atoms with Crippen LogP contribution in [0.2, 0.25) is 0 Å². The Morgan fingerprint density at radius 1 is 1.44 bits per heavy atom. The Hall–Kier alpha value is -0.800. The molecule has 1 aromatic heterocycles. The minimum atomic E-state index is 0.366. The second-order valence-electron chi connectivity index (χ2n) is 5.83. The smallest absolute Gasteiger partial charge is 0.120 e. The van der Waals surface area contributed by atoms with Crippen LogP contribution >= 0.6 is 0 Å². The van der Waals surface area contributed by atoms with Crippen LogP contribution in [0.5, 0.6) is 0 Å². The van der Waals surface area contributed by atoms with Gasteiger partial charge in [-0.3, -0.25) is 4.90 Å². The molecule has 0 radical (unpaired) electrons. The molecule has 1 fully saturated rings. The summed E-state index contributed by atoms with van der Waals surface area (Å²) in [6.45, 7) is 10.2. The first kappa shape index (κ1) is 13.6. The van der Waals surface area contributed by atoms with Crippen LogP contribution in [0.4, 0.5) is 0 Å². The Labute approximate surface area is 111 Å². The number of nitrogens with one attached hydrogen (secondary N) is 1. The maximum absolute atomic E-state index is 5.56. The molecule has 0 bridgehead atoms. The van der Waals surface area contributed by atoms with Crippen LogP contribution in [0.3, 0.4) is 0 Å². The first-order valence-corrected chi connectivity index (χ1v) is 7.17. The van der Waals surface area contributed by atoms with Crippen LogP contribution in [-0.4, -0.2) is 30.6 Å². The van der Waals surface area contributed by atoms with Crippen LogP contribution in [0.1, 0.15) is 45.4 Å². The van der Waals surface area contributed by atoms with Crippen molar-refractivity contribution in [2.24, 2.45) is 5.92 Å². The topological polar surface area (TPSA) is 28.4 Å². The Morgan fingerprint density at radius 3 is 2.83 bits per heavy atom. The molecule has 102 valence electrons. The minimum Gasteiger partial charge on any atom is -0.468 e. The fourth-order valence-corrected chi connectivity index (χ4v) is 2.76. The van der Waals surface area contributed by atoms with E-state index in [-0.39, 0.29) is 0 Å². The average Bonchev–Trinajstić information content (AvgIpc) is 2.99. The van der Waals surface area contributed by atoms with Crippen LogP contribution in [0.25, 0.3) is 0 Å². The first-order valence-electron chi connectivity index (χ1n) is 7.17. The fraction of sp³-hybridized carbons (Fsp3) is 0.733. The average molecular weight is 250 g/mol. The number of furan rings is 1. The van der Waals surface area contributed by atoms with Gasteiger partial charge in [0.15, 0.2) is 0 Å². The van der Waals surface area contributed by atoms with Crippen LogP contribution in [-0.2, 0) is 0 Å². The summed E-state index contributed by atoms with van der Waals surface area (Å²) in [6.07, 6.45) is 4.39. The molecule has 0 saturated carbocycles. The lowest BCUT2D eigenvalue weighted by Gasteiger charge is -2.31. The maximum Gasteiger partial charge on any atom is 0.120 e. The van der Waals surface area contributed by atoms with E-state index in [1.807, 2.05) is 6.07 Å². The molecule has 0 aromatic carbocycles. The molecular weight excluding hydrogens is 224 g/mol. The van der Waals surface area contributed by atoms with Crippen molar-refractivity contribution in [3.8, 4) is 0 Å². The number of hydrogen-bond donors (Lipinski definition) is 1. The van der Waals surface area contributed by atoms with Gasteiger partial charge in [-0.05, 0) is 44.4 Å². The normalized spacial score (nSPS) is 21.9. The quantitative estimate of drug-likeness (QED) is 0.841. The summed E-state index contributed by atoms with van der Waals surface area (Å²) in [5.74, 6) is 1.76. The van der Waals surface area contributed by atoms with E-state index in [0.717, 1.165) is 18.8 Å². The van der Waals surface area contributed by atoms with Gasteiger partial charge in [-0.2, -0.15) is 0 Å². The van der Waals surface area contributed by atoms with E-state index >= 15 is 0 Å². The van der Waals surface area contributed by atoms with Crippen molar-refractivity contribution in [3.05, 3.63) is 24.2 Å². The highest BCUT2D eigenvalue weighted by Gasteiger charge is 2.24. The highest BCUT2D eigenvalue weighted by molar-refractivity contribution is 5.04. The monoisotopic (exact) mass is 250 g/mol. The molecule has 2 heterocycles. The number of rotatable bonds is 6. The molecular formula is C15H26N2O. The Balaban J connectivity index is 1.99. The molecule has 2 rings (SSSR count). The van der Waals surface area contributed by atoms with Gasteiger partial charge >= 0.3 is 0 Å². The molecule has 0 spiro atoms. The van der Waals surface area contributed by atoms with E-state index < -0.39 is 0 Å². The van der Waals surface area contributed by atoms with E-state index in [1.54, 1.807) is 6.26 Å². The van der Waals surface area contributed by atoms with Gasteiger partial charge in [0, 0.05) is 19.1 Å². The van der Waals surface area contributed by atoms with Crippen LogP contribution in [0, 0.1) is 5.92 Å².